The summed E-state index contributed by atoms with van der Waals surface area (Å²) >= 11 is 0. The average molecular weight is 312 g/mol. The average Bonchev–Trinajstić information content (AvgIpc) is 2.93. The minimum absolute atomic E-state index is 0.103. The van der Waals surface area contributed by atoms with Crippen LogP contribution in [-0.2, 0) is 6.42 Å². The molecule has 1 aromatic carbocycles. The van der Waals surface area contributed by atoms with Crippen LogP contribution in [0.5, 0.6) is 5.75 Å². The fourth-order valence-corrected chi connectivity index (χ4v) is 3.88. The Bertz CT molecular complexity index is 655. The van der Waals surface area contributed by atoms with Gasteiger partial charge in [0.2, 0.25) is 0 Å². The third-order valence-corrected chi connectivity index (χ3v) is 5.05. The molecule has 4 rings (SSSR count). The van der Waals surface area contributed by atoms with Gasteiger partial charge in [-0.1, -0.05) is 31.4 Å². The summed E-state index contributed by atoms with van der Waals surface area (Å²) in [5, 5.41) is 16.4. The first-order valence-electron chi connectivity index (χ1n) is 8.47. The molecule has 2 heterocycles. The fraction of sp³-hybridized carbons (Fsp3) is 0.471. The summed E-state index contributed by atoms with van der Waals surface area (Å²) in [5.74, 6) is 2.88. The van der Waals surface area contributed by atoms with Crippen molar-refractivity contribution in [2.75, 3.05) is 0 Å². The molecule has 120 valence electrons. The number of carboxylic acid groups (broad SMARTS) is 1. The van der Waals surface area contributed by atoms with E-state index in [1.54, 1.807) is 12.1 Å². The van der Waals surface area contributed by atoms with E-state index in [0.29, 0.717) is 11.8 Å². The standard InChI is InChI=1S/C17H21BN2O3/c21-17(22)13-8-4-5-11-9-14-18(23-16(11)13)10-15(20-14)19-12-6-2-1-3-7-12/h4-5,8,10,12,14,19-20H,1-3,6-7,9H2,(H,21,22)/t14-/m0/s1. The van der Waals surface area contributed by atoms with Crippen LogP contribution in [-0.4, -0.2) is 30.0 Å². The van der Waals surface area contributed by atoms with Crippen molar-refractivity contribution in [1.82, 2.24) is 10.6 Å². The number of hydrogen-bond acceptors (Lipinski definition) is 4. The van der Waals surface area contributed by atoms with Crippen molar-refractivity contribution in [2.24, 2.45) is 0 Å². The van der Waals surface area contributed by atoms with Crippen LogP contribution in [0.25, 0.3) is 0 Å². The van der Waals surface area contributed by atoms with Crippen LogP contribution in [0.3, 0.4) is 0 Å². The highest BCUT2D eigenvalue weighted by atomic mass is 16.4. The second-order valence-electron chi connectivity index (χ2n) is 6.70. The highest BCUT2D eigenvalue weighted by Crippen LogP contribution is 2.32. The van der Waals surface area contributed by atoms with Crippen molar-refractivity contribution >= 4 is 12.9 Å². The Labute approximate surface area is 136 Å². The summed E-state index contributed by atoms with van der Waals surface area (Å²) < 4.78 is 6.01. The number of hydrogen-bond donors (Lipinski definition) is 3. The molecule has 6 heteroatoms. The molecule has 0 aromatic heterocycles. The number of carbonyl (C=O) groups is 1. The second kappa shape index (κ2) is 5.83. The molecular weight excluding hydrogens is 291 g/mol. The van der Waals surface area contributed by atoms with Crippen LogP contribution in [0, 0.1) is 0 Å². The number of carboxylic acids is 1. The van der Waals surface area contributed by atoms with Gasteiger partial charge < -0.3 is 20.4 Å². The number of fused-ring (bicyclic) bond motifs is 2. The third-order valence-electron chi connectivity index (χ3n) is 5.05. The largest absolute Gasteiger partial charge is 0.553 e. The Kier molecular flexibility index (Phi) is 3.67. The summed E-state index contributed by atoms with van der Waals surface area (Å²) in [6.45, 7) is -0.103. The van der Waals surface area contributed by atoms with Crippen molar-refractivity contribution in [2.45, 2.75) is 50.5 Å². The molecule has 0 saturated heterocycles. The van der Waals surface area contributed by atoms with Gasteiger partial charge in [-0.2, -0.15) is 0 Å². The molecule has 1 fully saturated rings. The molecule has 0 spiro atoms. The lowest BCUT2D eigenvalue weighted by Crippen LogP contribution is -2.46. The Morgan fingerprint density at radius 2 is 2.13 bits per heavy atom. The van der Waals surface area contributed by atoms with Gasteiger partial charge in [0.25, 0.3) is 0 Å². The summed E-state index contributed by atoms with van der Waals surface area (Å²) in [6.07, 6.45) is 7.15. The van der Waals surface area contributed by atoms with Gasteiger partial charge in [-0.05, 0) is 36.9 Å². The van der Waals surface area contributed by atoms with Crippen LogP contribution in [0.2, 0.25) is 0 Å². The zero-order valence-electron chi connectivity index (χ0n) is 13.0. The maximum atomic E-state index is 11.4. The van der Waals surface area contributed by atoms with Gasteiger partial charge in [0.05, 0.1) is 17.3 Å². The molecule has 1 atom stereocenters. The minimum Gasteiger partial charge on any atom is -0.553 e. The third kappa shape index (κ3) is 2.78. The van der Waals surface area contributed by atoms with E-state index in [9.17, 15) is 9.90 Å². The zero-order chi connectivity index (χ0) is 15.8. The monoisotopic (exact) mass is 312 g/mol. The highest BCUT2D eigenvalue weighted by Gasteiger charge is 2.40. The Hall–Kier alpha value is -2.11. The normalized spacial score (nSPS) is 23.2. The number of nitrogens with one attached hydrogen (secondary N) is 2. The smallest absolute Gasteiger partial charge is 0.411 e. The van der Waals surface area contributed by atoms with Crippen molar-refractivity contribution in [3.63, 3.8) is 0 Å². The Balaban J connectivity index is 1.50. The summed E-state index contributed by atoms with van der Waals surface area (Å²) in [5.41, 5.74) is 1.22. The van der Waals surface area contributed by atoms with E-state index in [1.165, 1.54) is 32.1 Å². The number of benzene rings is 1. The lowest BCUT2D eigenvalue weighted by Gasteiger charge is -2.28. The summed E-state index contributed by atoms with van der Waals surface area (Å²) in [7, 11) is 0. The molecule has 1 saturated carbocycles. The molecule has 0 unspecified atom stereocenters. The number of para-hydroxylation sites is 1. The second-order valence-corrected chi connectivity index (χ2v) is 6.70. The predicted molar refractivity (Wildman–Crippen MR) is 88.5 cm³/mol. The van der Waals surface area contributed by atoms with Gasteiger partial charge in [-0.25, -0.2) is 4.79 Å². The van der Waals surface area contributed by atoms with Crippen molar-refractivity contribution < 1.29 is 14.6 Å². The molecule has 0 bridgehead atoms. The van der Waals surface area contributed by atoms with E-state index >= 15 is 0 Å². The van der Waals surface area contributed by atoms with E-state index in [0.717, 1.165) is 17.8 Å². The van der Waals surface area contributed by atoms with Gasteiger partial charge in [0.15, 0.2) is 0 Å². The molecule has 1 aliphatic carbocycles. The molecular formula is C17H21BN2O3. The lowest BCUT2D eigenvalue weighted by atomic mass is 9.59. The van der Waals surface area contributed by atoms with Gasteiger partial charge in [0, 0.05) is 6.04 Å². The maximum Gasteiger partial charge on any atom is 0.411 e. The molecule has 0 amide bonds. The molecule has 23 heavy (non-hydrogen) atoms. The van der Waals surface area contributed by atoms with Gasteiger partial charge in [0.1, 0.15) is 5.75 Å². The fourth-order valence-electron chi connectivity index (χ4n) is 3.88. The van der Waals surface area contributed by atoms with E-state index in [-0.39, 0.29) is 18.4 Å². The Morgan fingerprint density at radius 3 is 2.91 bits per heavy atom. The first kappa shape index (κ1) is 14.5. The summed E-state index contributed by atoms with van der Waals surface area (Å²) in [6, 6.07) is 5.89. The summed E-state index contributed by atoms with van der Waals surface area (Å²) in [4.78, 5) is 11.4. The van der Waals surface area contributed by atoms with E-state index in [4.69, 9.17) is 4.65 Å². The van der Waals surface area contributed by atoms with Gasteiger partial charge >= 0.3 is 12.9 Å². The number of rotatable bonds is 3. The molecule has 2 aliphatic heterocycles. The number of aromatic carboxylic acids is 1. The molecule has 3 N–H and O–H groups in total. The maximum absolute atomic E-state index is 11.4. The van der Waals surface area contributed by atoms with E-state index in [2.05, 4.69) is 16.6 Å². The first-order valence-corrected chi connectivity index (χ1v) is 8.47. The highest BCUT2D eigenvalue weighted by molar-refractivity contribution is 6.61. The van der Waals surface area contributed by atoms with E-state index in [1.807, 2.05) is 6.07 Å². The molecule has 5 nitrogen and oxygen atoms in total. The van der Waals surface area contributed by atoms with Crippen molar-refractivity contribution in [3.8, 4) is 5.75 Å². The Morgan fingerprint density at radius 1 is 1.30 bits per heavy atom. The molecule has 1 aromatic rings. The molecule has 0 radical (unpaired) electrons. The quantitative estimate of drug-likeness (QED) is 0.746. The van der Waals surface area contributed by atoms with E-state index < -0.39 is 5.97 Å². The predicted octanol–water partition coefficient (Wildman–Crippen LogP) is 2.13. The van der Waals surface area contributed by atoms with Crippen LogP contribution < -0.4 is 15.3 Å². The van der Waals surface area contributed by atoms with Crippen LogP contribution in [0.15, 0.2) is 30.0 Å². The van der Waals surface area contributed by atoms with Crippen LogP contribution >= 0.6 is 0 Å². The molecule has 3 aliphatic rings. The van der Waals surface area contributed by atoms with Gasteiger partial charge in [-0.3, -0.25) is 0 Å². The van der Waals surface area contributed by atoms with Crippen molar-refractivity contribution in [1.29, 1.82) is 0 Å². The topological polar surface area (TPSA) is 70.6 Å². The van der Waals surface area contributed by atoms with Crippen molar-refractivity contribution in [3.05, 3.63) is 41.1 Å². The van der Waals surface area contributed by atoms with Crippen LogP contribution in [0.1, 0.15) is 48.0 Å². The van der Waals surface area contributed by atoms with Crippen LogP contribution in [0.4, 0.5) is 0 Å². The first-order chi connectivity index (χ1) is 11.2. The SMILES string of the molecule is O=C(O)c1cccc2c1OB1C=C(NC3CCCCC3)N[C@H]1C2. The zero-order valence-corrected chi connectivity index (χ0v) is 13.0. The van der Waals surface area contributed by atoms with Gasteiger partial charge in [-0.15, -0.1) is 0 Å². The minimum atomic E-state index is -0.934. The lowest BCUT2D eigenvalue weighted by molar-refractivity contribution is 0.0694.